The quantitative estimate of drug-likeness (QED) is 0.708. The lowest BCUT2D eigenvalue weighted by Gasteiger charge is -2.15. The molecule has 2 heterocycles. The van der Waals surface area contributed by atoms with Gasteiger partial charge in [-0.25, -0.2) is 4.98 Å². The lowest BCUT2D eigenvalue weighted by atomic mass is 10.1. The first-order valence-corrected chi connectivity index (χ1v) is 7.55. The topological polar surface area (TPSA) is 83.6 Å². The summed E-state index contributed by atoms with van der Waals surface area (Å²) < 4.78 is 0. The molecule has 1 amide bonds. The third-order valence-corrected chi connectivity index (χ3v) is 3.40. The Morgan fingerprint density at radius 3 is 2.71 bits per heavy atom. The molecule has 0 saturated heterocycles. The second kappa shape index (κ2) is 7.32. The van der Waals surface area contributed by atoms with Crippen molar-refractivity contribution in [1.29, 1.82) is 0 Å². The molecule has 0 spiro atoms. The zero-order valence-corrected chi connectivity index (χ0v) is 13.2. The molecule has 1 unspecified atom stereocenters. The lowest BCUT2D eigenvalue weighted by molar-refractivity contribution is -0.117. The van der Waals surface area contributed by atoms with Crippen molar-refractivity contribution < 1.29 is 4.79 Å². The van der Waals surface area contributed by atoms with Gasteiger partial charge in [-0.3, -0.25) is 14.9 Å². The highest BCUT2D eigenvalue weighted by Gasteiger charge is 2.19. The Labute approximate surface area is 139 Å². The second-order valence-corrected chi connectivity index (χ2v) is 5.25. The third kappa shape index (κ3) is 3.92. The largest absolute Gasteiger partial charge is 0.338 e. The van der Waals surface area contributed by atoms with Gasteiger partial charge in [0.25, 0.3) is 0 Å². The van der Waals surface area contributed by atoms with E-state index in [0.29, 0.717) is 11.6 Å². The number of carbonyl (C=O) groups excluding carboxylic acids is 1. The third-order valence-electron chi connectivity index (χ3n) is 3.40. The number of hydrogen-bond donors (Lipinski definition) is 2. The summed E-state index contributed by atoms with van der Waals surface area (Å²) in [5, 5.41) is 9.93. The first kappa shape index (κ1) is 15.6. The van der Waals surface area contributed by atoms with E-state index in [1.165, 1.54) is 6.08 Å². The van der Waals surface area contributed by atoms with Crippen LogP contribution in [0.15, 0.2) is 60.9 Å². The Morgan fingerprint density at radius 1 is 1.21 bits per heavy atom. The molecule has 3 aromatic rings. The number of aromatic nitrogens is 4. The van der Waals surface area contributed by atoms with Crippen molar-refractivity contribution >= 4 is 12.0 Å². The monoisotopic (exact) mass is 319 g/mol. The van der Waals surface area contributed by atoms with E-state index in [9.17, 15) is 4.79 Å². The summed E-state index contributed by atoms with van der Waals surface area (Å²) in [4.78, 5) is 20.7. The molecule has 0 radical (unpaired) electrons. The molecule has 2 N–H and O–H groups in total. The van der Waals surface area contributed by atoms with Crippen molar-refractivity contribution in [2.45, 2.75) is 13.0 Å². The highest BCUT2D eigenvalue weighted by atomic mass is 16.1. The van der Waals surface area contributed by atoms with Gasteiger partial charge in [-0.2, -0.15) is 5.10 Å². The first-order valence-electron chi connectivity index (χ1n) is 7.55. The molecule has 6 heteroatoms. The van der Waals surface area contributed by atoms with Crippen LogP contribution in [-0.2, 0) is 4.79 Å². The number of H-pyrrole nitrogens is 1. The van der Waals surface area contributed by atoms with Crippen molar-refractivity contribution in [2.24, 2.45) is 0 Å². The zero-order valence-electron chi connectivity index (χ0n) is 13.2. The summed E-state index contributed by atoms with van der Waals surface area (Å²) in [7, 11) is 0. The minimum atomic E-state index is -0.415. The van der Waals surface area contributed by atoms with Gasteiger partial charge < -0.3 is 5.32 Å². The van der Waals surface area contributed by atoms with Gasteiger partial charge in [-0.1, -0.05) is 36.4 Å². The number of hydrogen-bond acceptors (Lipinski definition) is 4. The van der Waals surface area contributed by atoms with Crippen LogP contribution in [0.2, 0.25) is 0 Å². The van der Waals surface area contributed by atoms with Crippen LogP contribution in [0, 0.1) is 6.92 Å². The number of amides is 1. The van der Waals surface area contributed by atoms with E-state index in [-0.39, 0.29) is 5.91 Å². The lowest BCUT2D eigenvalue weighted by Crippen LogP contribution is -2.28. The maximum absolute atomic E-state index is 12.3. The van der Waals surface area contributed by atoms with Gasteiger partial charge in [-0.15, -0.1) is 0 Å². The molecule has 120 valence electrons. The van der Waals surface area contributed by atoms with E-state index in [4.69, 9.17) is 0 Å². The zero-order chi connectivity index (χ0) is 16.8. The van der Waals surface area contributed by atoms with Crippen molar-refractivity contribution in [2.75, 3.05) is 0 Å². The molecule has 2 aromatic heterocycles. The van der Waals surface area contributed by atoms with Crippen molar-refractivity contribution in [3.63, 3.8) is 0 Å². The van der Waals surface area contributed by atoms with E-state index in [0.717, 1.165) is 11.1 Å². The number of rotatable bonds is 5. The number of aryl methyl sites for hydroxylation is 1. The van der Waals surface area contributed by atoms with Crippen molar-refractivity contribution in [3.05, 3.63) is 83.7 Å². The van der Waals surface area contributed by atoms with Crippen LogP contribution < -0.4 is 5.32 Å². The standard InChI is InChI=1S/C18H17N5O/c1-13-20-18(23-22-13)17(15-7-3-2-4-8-15)21-16(24)10-9-14-6-5-11-19-12-14/h2-12,17H,1H3,(H,21,24)(H,20,22,23). The smallest absolute Gasteiger partial charge is 0.244 e. The summed E-state index contributed by atoms with van der Waals surface area (Å²) in [5.41, 5.74) is 1.78. The fourth-order valence-corrected chi connectivity index (χ4v) is 2.27. The summed E-state index contributed by atoms with van der Waals surface area (Å²) in [6.45, 7) is 1.82. The highest BCUT2D eigenvalue weighted by molar-refractivity contribution is 5.92. The maximum Gasteiger partial charge on any atom is 0.244 e. The predicted molar refractivity (Wildman–Crippen MR) is 90.8 cm³/mol. The normalized spacial score (nSPS) is 12.2. The molecule has 3 rings (SSSR count). The van der Waals surface area contributed by atoms with Crippen LogP contribution >= 0.6 is 0 Å². The van der Waals surface area contributed by atoms with Crippen LogP contribution in [0.3, 0.4) is 0 Å². The maximum atomic E-state index is 12.3. The van der Waals surface area contributed by atoms with Crippen LogP contribution in [-0.4, -0.2) is 26.1 Å². The van der Waals surface area contributed by atoms with E-state index in [1.54, 1.807) is 18.5 Å². The number of pyridine rings is 1. The molecule has 0 aliphatic rings. The molecular formula is C18H17N5O. The van der Waals surface area contributed by atoms with Gasteiger partial charge in [0.2, 0.25) is 5.91 Å². The van der Waals surface area contributed by atoms with E-state index < -0.39 is 6.04 Å². The van der Waals surface area contributed by atoms with Gasteiger partial charge in [0.1, 0.15) is 11.9 Å². The van der Waals surface area contributed by atoms with Crippen LogP contribution in [0.5, 0.6) is 0 Å². The molecule has 0 aliphatic carbocycles. The average Bonchev–Trinajstić information content (AvgIpc) is 3.05. The van der Waals surface area contributed by atoms with Gasteiger partial charge in [-0.05, 0) is 30.2 Å². The average molecular weight is 319 g/mol. The Hall–Kier alpha value is -3.28. The Balaban J connectivity index is 1.79. The fraction of sp³-hybridized carbons (Fsp3) is 0.111. The summed E-state index contributed by atoms with van der Waals surface area (Å²) >= 11 is 0. The number of nitrogens with zero attached hydrogens (tertiary/aromatic N) is 3. The predicted octanol–water partition coefficient (Wildman–Crippen LogP) is 2.43. The highest BCUT2D eigenvalue weighted by Crippen LogP contribution is 2.18. The molecule has 0 fully saturated rings. The molecule has 6 nitrogen and oxygen atoms in total. The Bertz CT molecular complexity index is 827. The van der Waals surface area contributed by atoms with Gasteiger partial charge in [0, 0.05) is 18.5 Å². The van der Waals surface area contributed by atoms with Crippen molar-refractivity contribution in [1.82, 2.24) is 25.5 Å². The second-order valence-electron chi connectivity index (χ2n) is 5.25. The summed E-state index contributed by atoms with van der Waals surface area (Å²) in [5.74, 6) is 1.00. The Morgan fingerprint density at radius 2 is 2.04 bits per heavy atom. The van der Waals surface area contributed by atoms with Gasteiger partial charge in [0.05, 0.1) is 0 Å². The summed E-state index contributed by atoms with van der Waals surface area (Å²) in [6.07, 6.45) is 6.57. The van der Waals surface area contributed by atoms with Crippen LogP contribution in [0.1, 0.15) is 28.8 Å². The van der Waals surface area contributed by atoms with Crippen molar-refractivity contribution in [3.8, 4) is 0 Å². The molecule has 24 heavy (non-hydrogen) atoms. The van der Waals surface area contributed by atoms with Gasteiger partial charge >= 0.3 is 0 Å². The Kier molecular flexibility index (Phi) is 4.76. The molecule has 0 aliphatic heterocycles. The molecule has 0 bridgehead atoms. The minimum absolute atomic E-state index is 0.227. The fourth-order valence-electron chi connectivity index (χ4n) is 2.27. The van der Waals surface area contributed by atoms with Gasteiger partial charge in [0.15, 0.2) is 5.82 Å². The number of nitrogens with one attached hydrogen (secondary N) is 2. The summed E-state index contributed by atoms with van der Waals surface area (Å²) in [6, 6.07) is 12.9. The number of benzene rings is 1. The number of aromatic amines is 1. The SMILES string of the molecule is Cc1nc(C(NC(=O)C=Cc2cccnc2)c2ccccc2)n[nH]1. The van der Waals surface area contributed by atoms with E-state index >= 15 is 0 Å². The van der Waals surface area contributed by atoms with E-state index in [2.05, 4.69) is 25.5 Å². The minimum Gasteiger partial charge on any atom is -0.338 e. The molecule has 0 saturated carbocycles. The van der Waals surface area contributed by atoms with E-state index in [1.807, 2.05) is 49.4 Å². The van der Waals surface area contributed by atoms with Crippen LogP contribution in [0.25, 0.3) is 6.08 Å². The molecule has 1 atom stereocenters. The first-order chi connectivity index (χ1) is 11.7. The van der Waals surface area contributed by atoms with Crippen LogP contribution in [0.4, 0.5) is 0 Å². The molecule has 1 aromatic carbocycles. The molecular weight excluding hydrogens is 302 g/mol. The number of carbonyl (C=O) groups is 1.